The molecule has 4 rings (SSSR count). The van der Waals surface area contributed by atoms with Gasteiger partial charge in [-0.1, -0.05) is 18.2 Å². The minimum absolute atomic E-state index is 0.215. The number of phenolic OH excluding ortho intramolecular Hbond substituents is 1. The molecule has 0 fully saturated rings. The quantitative estimate of drug-likeness (QED) is 0.807. The number of ether oxygens (including phenoxy) is 2. The van der Waals surface area contributed by atoms with E-state index in [0.717, 1.165) is 30.2 Å². The van der Waals surface area contributed by atoms with Crippen molar-refractivity contribution < 1.29 is 14.6 Å². The first kappa shape index (κ1) is 12.5. The lowest BCUT2D eigenvalue weighted by Gasteiger charge is -2.25. The Kier molecular flexibility index (Phi) is 2.97. The molecule has 0 radical (unpaired) electrons. The molecular formula is C17H17NO3. The fourth-order valence-corrected chi connectivity index (χ4v) is 2.99. The van der Waals surface area contributed by atoms with Gasteiger partial charge in [0, 0.05) is 24.2 Å². The number of hydrogen-bond acceptors (Lipinski definition) is 4. The smallest absolute Gasteiger partial charge is 0.124 e. The van der Waals surface area contributed by atoms with Crippen LogP contribution in [-0.4, -0.2) is 29.3 Å². The summed E-state index contributed by atoms with van der Waals surface area (Å²) >= 11 is 0. The highest BCUT2D eigenvalue weighted by molar-refractivity contribution is 5.41. The van der Waals surface area contributed by atoms with Gasteiger partial charge < -0.3 is 14.6 Å². The highest BCUT2D eigenvalue weighted by atomic mass is 16.5. The lowest BCUT2D eigenvalue weighted by molar-refractivity contribution is 0.106. The molecule has 0 aromatic heterocycles. The van der Waals surface area contributed by atoms with Crippen molar-refractivity contribution in [1.82, 2.24) is 4.90 Å². The minimum atomic E-state index is 0.215. The summed E-state index contributed by atoms with van der Waals surface area (Å²) in [7, 11) is 0. The highest BCUT2D eigenvalue weighted by Gasteiger charge is 2.28. The molecule has 2 aromatic carbocycles. The molecule has 2 aromatic rings. The summed E-state index contributed by atoms with van der Waals surface area (Å²) in [6.07, 6.45) is 0. The SMILES string of the molecule is Oc1ccc2c(c1)CN1Cc3ccccc3OCC1CO2. The zero-order valence-corrected chi connectivity index (χ0v) is 11.7. The van der Waals surface area contributed by atoms with E-state index in [0.29, 0.717) is 13.2 Å². The molecule has 2 heterocycles. The summed E-state index contributed by atoms with van der Waals surface area (Å²) in [5.41, 5.74) is 2.22. The number of benzene rings is 2. The van der Waals surface area contributed by atoms with Gasteiger partial charge >= 0.3 is 0 Å². The molecule has 2 aliphatic rings. The number of rotatable bonds is 0. The summed E-state index contributed by atoms with van der Waals surface area (Å²) < 4.78 is 11.8. The first-order valence-corrected chi connectivity index (χ1v) is 7.19. The Hall–Kier alpha value is -2.20. The lowest BCUT2D eigenvalue weighted by atomic mass is 10.1. The normalized spacial score (nSPS) is 20.9. The third-order valence-corrected chi connectivity index (χ3v) is 4.14. The van der Waals surface area contributed by atoms with E-state index in [4.69, 9.17) is 9.47 Å². The second-order valence-electron chi connectivity index (χ2n) is 5.58. The van der Waals surface area contributed by atoms with Gasteiger partial charge in [-0.2, -0.15) is 0 Å². The van der Waals surface area contributed by atoms with Gasteiger partial charge in [0.05, 0.1) is 6.04 Å². The van der Waals surface area contributed by atoms with E-state index in [9.17, 15) is 5.11 Å². The zero-order chi connectivity index (χ0) is 14.2. The Labute approximate surface area is 123 Å². The van der Waals surface area contributed by atoms with Crippen molar-refractivity contribution in [2.24, 2.45) is 0 Å². The van der Waals surface area contributed by atoms with Gasteiger partial charge in [0.1, 0.15) is 30.5 Å². The van der Waals surface area contributed by atoms with E-state index in [1.807, 2.05) is 24.3 Å². The van der Waals surface area contributed by atoms with E-state index < -0.39 is 0 Å². The van der Waals surface area contributed by atoms with Gasteiger partial charge in [0.25, 0.3) is 0 Å². The molecule has 108 valence electrons. The van der Waals surface area contributed by atoms with Crippen LogP contribution < -0.4 is 9.47 Å². The van der Waals surface area contributed by atoms with Crippen LogP contribution in [0, 0.1) is 0 Å². The molecule has 0 amide bonds. The molecule has 0 aliphatic carbocycles. The molecule has 1 N–H and O–H groups in total. The number of aromatic hydroxyl groups is 1. The van der Waals surface area contributed by atoms with Crippen LogP contribution in [0.1, 0.15) is 11.1 Å². The van der Waals surface area contributed by atoms with Crippen molar-refractivity contribution in [3.63, 3.8) is 0 Å². The van der Waals surface area contributed by atoms with E-state index in [-0.39, 0.29) is 11.8 Å². The van der Waals surface area contributed by atoms with Gasteiger partial charge in [0.15, 0.2) is 0 Å². The van der Waals surface area contributed by atoms with E-state index in [2.05, 4.69) is 11.0 Å². The molecule has 0 bridgehead atoms. The summed E-state index contributed by atoms with van der Waals surface area (Å²) in [6, 6.07) is 13.7. The Morgan fingerprint density at radius 2 is 1.62 bits per heavy atom. The molecule has 0 spiro atoms. The topological polar surface area (TPSA) is 41.9 Å². The zero-order valence-electron chi connectivity index (χ0n) is 11.7. The summed E-state index contributed by atoms with van der Waals surface area (Å²) in [6.45, 7) is 2.81. The van der Waals surface area contributed by atoms with Crippen molar-refractivity contribution in [3.8, 4) is 17.2 Å². The number of phenols is 1. The highest BCUT2D eigenvalue weighted by Crippen LogP contribution is 2.32. The minimum Gasteiger partial charge on any atom is -0.508 e. The fraction of sp³-hybridized carbons (Fsp3) is 0.294. The van der Waals surface area contributed by atoms with Crippen molar-refractivity contribution >= 4 is 0 Å². The van der Waals surface area contributed by atoms with Gasteiger partial charge in [-0.05, 0) is 24.3 Å². The summed E-state index contributed by atoms with van der Waals surface area (Å²) in [5, 5.41) is 9.69. The molecular weight excluding hydrogens is 266 g/mol. The molecule has 0 saturated heterocycles. The predicted molar refractivity (Wildman–Crippen MR) is 78.6 cm³/mol. The number of nitrogens with zero attached hydrogens (tertiary/aromatic N) is 1. The van der Waals surface area contributed by atoms with Gasteiger partial charge in [0.2, 0.25) is 0 Å². The second-order valence-corrected chi connectivity index (χ2v) is 5.58. The monoisotopic (exact) mass is 283 g/mol. The van der Waals surface area contributed by atoms with Crippen molar-refractivity contribution in [2.75, 3.05) is 13.2 Å². The second kappa shape index (κ2) is 4.97. The van der Waals surface area contributed by atoms with Gasteiger partial charge in [-0.15, -0.1) is 0 Å². The predicted octanol–water partition coefficient (Wildman–Crippen LogP) is 2.55. The van der Waals surface area contributed by atoms with Crippen LogP contribution in [0.2, 0.25) is 0 Å². The maximum Gasteiger partial charge on any atom is 0.124 e. The largest absolute Gasteiger partial charge is 0.508 e. The van der Waals surface area contributed by atoms with Crippen LogP contribution in [0.15, 0.2) is 42.5 Å². The van der Waals surface area contributed by atoms with E-state index in [1.54, 1.807) is 12.1 Å². The third-order valence-electron chi connectivity index (χ3n) is 4.14. The Bertz CT molecular complexity index is 671. The van der Waals surface area contributed by atoms with E-state index in [1.165, 1.54) is 5.56 Å². The molecule has 2 aliphatic heterocycles. The Morgan fingerprint density at radius 1 is 0.905 bits per heavy atom. The van der Waals surface area contributed by atoms with Crippen LogP contribution in [-0.2, 0) is 13.1 Å². The Morgan fingerprint density at radius 3 is 2.48 bits per heavy atom. The van der Waals surface area contributed by atoms with Crippen LogP contribution >= 0.6 is 0 Å². The third kappa shape index (κ3) is 2.32. The lowest BCUT2D eigenvalue weighted by Crippen LogP contribution is -2.39. The van der Waals surface area contributed by atoms with Gasteiger partial charge in [-0.25, -0.2) is 0 Å². The number of para-hydroxylation sites is 1. The molecule has 21 heavy (non-hydrogen) atoms. The molecule has 4 heteroatoms. The molecule has 1 unspecified atom stereocenters. The van der Waals surface area contributed by atoms with Crippen LogP contribution in [0.5, 0.6) is 17.2 Å². The van der Waals surface area contributed by atoms with Crippen LogP contribution in [0.4, 0.5) is 0 Å². The first-order valence-electron chi connectivity index (χ1n) is 7.19. The number of hydrogen-bond donors (Lipinski definition) is 1. The van der Waals surface area contributed by atoms with Crippen molar-refractivity contribution in [2.45, 2.75) is 19.1 Å². The maximum atomic E-state index is 9.69. The average molecular weight is 283 g/mol. The molecule has 0 saturated carbocycles. The average Bonchev–Trinajstić information content (AvgIpc) is 2.75. The summed E-state index contributed by atoms with van der Waals surface area (Å²) in [4.78, 5) is 2.36. The molecule has 1 atom stereocenters. The van der Waals surface area contributed by atoms with Crippen molar-refractivity contribution in [1.29, 1.82) is 0 Å². The standard InChI is InChI=1S/C17H17NO3/c19-15-5-6-17-13(7-15)9-18-8-12-3-1-2-4-16(12)20-10-14(18)11-21-17/h1-7,14,19H,8-11H2. The van der Waals surface area contributed by atoms with Crippen LogP contribution in [0.3, 0.4) is 0 Å². The maximum absolute atomic E-state index is 9.69. The summed E-state index contributed by atoms with van der Waals surface area (Å²) in [5.74, 6) is 2.10. The van der Waals surface area contributed by atoms with Gasteiger partial charge in [-0.3, -0.25) is 4.90 Å². The fourth-order valence-electron chi connectivity index (χ4n) is 2.99. The van der Waals surface area contributed by atoms with Crippen molar-refractivity contribution in [3.05, 3.63) is 53.6 Å². The first-order chi connectivity index (χ1) is 10.3. The molecule has 4 nitrogen and oxygen atoms in total. The number of fused-ring (bicyclic) bond motifs is 3. The Balaban J connectivity index is 1.68. The van der Waals surface area contributed by atoms with E-state index >= 15 is 0 Å². The van der Waals surface area contributed by atoms with Crippen LogP contribution in [0.25, 0.3) is 0 Å².